The summed E-state index contributed by atoms with van der Waals surface area (Å²) in [7, 11) is 3.60. The molecule has 4 nitrogen and oxygen atoms in total. The first-order valence-corrected chi connectivity index (χ1v) is 8.69. The van der Waals surface area contributed by atoms with E-state index in [-0.39, 0.29) is 5.82 Å². The van der Waals surface area contributed by atoms with Gasteiger partial charge in [0.25, 0.3) is 0 Å². The molecule has 0 unspecified atom stereocenters. The third kappa shape index (κ3) is 5.17. The third-order valence-electron chi connectivity index (χ3n) is 4.33. The van der Waals surface area contributed by atoms with Gasteiger partial charge in [0.05, 0.1) is 13.3 Å². The van der Waals surface area contributed by atoms with Crippen molar-refractivity contribution in [2.24, 2.45) is 7.05 Å². The second kappa shape index (κ2) is 8.63. The highest BCUT2D eigenvalue weighted by Crippen LogP contribution is 2.15. The van der Waals surface area contributed by atoms with Crippen molar-refractivity contribution in [2.75, 3.05) is 13.7 Å². The molecule has 5 heteroatoms. The fourth-order valence-corrected chi connectivity index (χ4v) is 2.99. The van der Waals surface area contributed by atoms with Crippen LogP contribution >= 0.6 is 0 Å². The number of benzene rings is 2. The van der Waals surface area contributed by atoms with E-state index in [1.807, 2.05) is 48.4 Å². The minimum Gasteiger partial charge on any atom is -0.497 e. The Labute approximate surface area is 153 Å². The van der Waals surface area contributed by atoms with E-state index in [1.165, 1.54) is 23.3 Å². The second-order valence-corrected chi connectivity index (χ2v) is 6.46. The van der Waals surface area contributed by atoms with Crippen LogP contribution in [0, 0.1) is 5.82 Å². The zero-order chi connectivity index (χ0) is 18.4. The van der Waals surface area contributed by atoms with Crippen molar-refractivity contribution in [1.82, 2.24) is 14.7 Å². The highest BCUT2D eigenvalue weighted by atomic mass is 19.1. The smallest absolute Gasteiger partial charge is 0.123 e. The maximum atomic E-state index is 13.2. The highest BCUT2D eigenvalue weighted by Gasteiger charge is 2.10. The average molecular weight is 353 g/mol. The molecule has 0 N–H and O–H groups in total. The molecule has 0 radical (unpaired) electrons. The SMILES string of the molecule is COc1cccc(CCN(Cc2ccc(F)cc2)Cc2cnn(C)c2)c1. The molecule has 2 aromatic carbocycles. The molecule has 0 saturated heterocycles. The van der Waals surface area contributed by atoms with E-state index in [0.717, 1.165) is 37.4 Å². The fraction of sp³-hybridized carbons (Fsp3) is 0.286. The topological polar surface area (TPSA) is 30.3 Å². The van der Waals surface area contributed by atoms with Gasteiger partial charge in [0.15, 0.2) is 0 Å². The molecule has 3 aromatic rings. The number of hydrogen-bond donors (Lipinski definition) is 0. The summed E-state index contributed by atoms with van der Waals surface area (Å²) >= 11 is 0. The van der Waals surface area contributed by atoms with Gasteiger partial charge in [0.1, 0.15) is 11.6 Å². The Kier molecular flexibility index (Phi) is 6.02. The zero-order valence-corrected chi connectivity index (χ0v) is 15.2. The largest absolute Gasteiger partial charge is 0.497 e. The van der Waals surface area contributed by atoms with Crippen LogP contribution in [0.4, 0.5) is 4.39 Å². The molecule has 3 rings (SSSR count). The molecule has 0 spiro atoms. The highest BCUT2D eigenvalue weighted by molar-refractivity contribution is 5.28. The minimum atomic E-state index is -0.205. The van der Waals surface area contributed by atoms with E-state index in [2.05, 4.69) is 22.1 Å². The lowest BCUT2D eigenvalue weighted by molar-refractivity contribution is 0.260. The standard InChI is InChI=1S/C21H24FN3O/c1-24-14-19(13-23-24)16-25(15-18-6-8-20(22)9-7-18)11-10-17-4-3-5-21(12-17)26-2/h3-9,12-14H,10-11,15-16H2,1-2H3. The Morgan fingerprint density at radius 1 is 1.04 bits per heavy atom. The number of nitrogens with zero attached hydrogens (tertiary/aromatic N) is 3. The van der Waals surface area contributed by atoms with Gasteiger partial charge in [-0.05, 0) is 41.8 Å². The molecule has 0 saturated carbocycles. The van der Waals surface area contributed by atoms with Crippen LogP contribution in [-0.2, 0) is 26.6 Å². The van der Waals surface area contributed by atoms with Gasteiger partial charge in [-0.1, -0.05) is 24.3 Å². The minimum absolute atomic E-state index is 0.205. The molecule has 136 valence electrons. The van der Waals surface area contributed by atoms with E-state index < -0.39 is 0 Å². The lowest BCUT2D eigenvalue weighted by Gasteiger charge is -2.22. The van der Waals surface area contributed by atoms with E-state index in [0.29, 0.717) is 0 Å². The third-order valence-corrected chi connectivity index (χ3v) is 4.33. The van der Waals surface area contributed by atoms with Crippen molar-refractivity contribution in [2.45, 2.75) is 19.5 Å². The summed E-state index contributed by atoms with van der Waals surface area (Å²) in [5.41, 5.74) is 3.50. The van der Waals surface area contributed by atoms with Crippen LogP contribution in [0.1, 0.15) is 16.7 Å². The summed E-state index contributed by atoms with van der Waals surface area (Å²) < 4.78 is 20.3. The van der Waals surface area contributed by atoms with Crippen molar-refractivity contribution >= 4 is 0 Å². The van der Waals surface area contributed by atoms with Gasteiger partial charge in [0, 0.05) is 38.4 Å². The van der Waals surface area contributed by atoms with Crippen molar-refractivity contribution < 1.29 is 9.13 Å². The molecular formula is C21H24FN3O. The van der Waals surface area contributed by atoms with Crippen molar-refractivity contribution in [3.63, 3.8) is 0 Å². The fourth-order valence-electron chi connectivity index (χ4n) is 2.99. The van der Waals surface area contributed by atoms with Gasteiger partial charge in [0.2, 0.25) is 0 Å². The molecule has 0 fully saturated rings. The lowest BCUT2D eigenvalue weighted by atomic mass is 10.1. The monoisotopic (exact) mass is 353 g/mol. The number of aryl methyl sites for hydroxylation is 1. The van der Waals surface area contributed by atoms with Gasteiger partial charge in [-0.15, -0.1) is 0 Å². The number of rotatable bonds is 8. The Morgan fingerprint density at radius 2 is 1.81 bits per heavy atom. The van der Waals surface area contributed by atoms with Crippen LogP contribution in [0.3, 0.4) is 0 Å². The quantitative estimate of drug-likeness (QED) is 0.617. The first-order chi connectivity index (χ1) is 12.6. The zero-order valence-electron chi connectivity index (χ0n) is 15.2. The van der Waals surface area contributed by atoms with E-state index in [9.17, 15) is 4.39 Å². The summed E-state index contributed by atoms with van der Waals surface area (Å²) in [6.45, 7) is 2.45. The molecule has 1 aromatic heterocycles. The van der Waals surface area contributed by atoms with E-state index >= 15 is 0 Å². The van der Waals surface area contributed by atoms with E-state index in [1.54, 1.807) is 7.11 Å². The van der Waals surface area contributed by atoms with Crippen molar-refractivity contribution in [1.29, 1.82) is 0 Å². The van der Waals surface area contributed by atoms with Crippen LogP contribution in [0.5, 0.6) is 5.75 Å². The molecule has 1 heterocycles. The average Bonchev–Trinajstić information content (AvgIpc) is 3.06. The molecule has 0 aliphatic carbocycles. The van der Waals surface area contributed by atoms with Gasteiger partial charge >= 0.3 is 0 Å². The van der Waals surface area contributed by atoms with Gasteiger partial charge in [-0.2, -0.15) is 5.10 Å². The molecule has 0 aliphatic heterocycles. The predicted molar refractivity (Wildman–Crippen MR) is 100 cm³/mol. The summed E-state index contributed by atoms with van der Waals surface area (Å²) in [6, 6.07) is 14.9. The summed E-state index contributed by atoms with van der Waals surface area (Å²) in [5.74, 6) is 0.670. The van der Waals surface area contributed by atoms with Crippen LogP contribution < -0.4 is 4.74 Å². The first-order valence-electron chi connectivity index (χ1n) is 8.69. The predicted octanol–water partition coefficient (Wildman–Crippen LogP) is 3.81. The normalized spacial score (nSPS) is 11.1. The van der Waals surface area contributed by atoms with Crippen molar-refractivity contribution in [3.05, 3.63) is 83.4 Å². The number of aromatic nitrogens is 2. The summed E-state index contributed by atoms with van der Waals surface area (Å²) in [5, 5.41) is 4.25. The van der Waals surface area contributed by atoms with Crippen molar-refractivity contribution in [3.8, 4) is 5.75 Å². The van der Waals surface area contributed by atoms with Crippen LogP contribution in [0.25, 0.3) is 0 Å². The van der Waals surface area contributed by atoms with E-state index in [4.69, 9.17) is 4.74 Å². The lowest BCUT2D eigenvalue weighted by Crippen LogP contribution is -2.25. The molecule has 0 aliphatic rings. The molecule has 0 amide bonds. The molecular weight excluding hydrogens is 329 g/mol. The molecule has 0 bridgehead atoms. The molecule has 26 heavy (non-hydrogen) atoms. The Hall–Kier alpha value is -2.66. The Bertz CT molecular complexity index is 829. The first kappa shape index (κ1) is 18.1. The van der Waals surface area contributed by atoms with Gasteiger partial charge in [-0.25, -0.2) is 4.39 Å². The van der Waals surface area contributed by atoms with Crippen LogP contribution in [0.15, 0.2) is 60.9 Å². The number of ether oxygens (including phenoxy) is 1. The van der Waals surface area contributed by atoms with Crippen LogP contribution in [-0.4, -0.2) is 28.3 Å². The Morgan fingerprint density at radius 3 is 2.50 bits per heavy atom. The maximum Gasteiger partial charge on any atom is 0.123 e. The van der Waals surface area contributed by atoms with Gasteiger partial charge in [-0.3, -0.25) is 9.58 Å². The number of halogens is 1. The summed E-state index contributed by atoms with van der Waals surface area (Å²) in [6.07, 6.45) is 4.84. The number of methoxy groups -OCH3 is 1. The van der Waals surface area contributed by atoms with Gasteiger partial charge < -0.3 is 4.74 Å². The van der Waals surface area contributed by atoms with Crippen LogP contribution in [0.2, 0.25) is 0 Å². The second-order valence-electron chi connectivity index (χ2n) is 6.46. The molecule has 0 atom stereocenters. The summed E-state index contributed by atoms with van der Waals surface area (Å²) in [4.78, 5) is 2.35. The number of hydrogen-bond acceptors (Lipinski definition) is 3. The maximum absolute atomic E-state index is 13.2. The Balaban J connectivity index is 1.69.